The lowest BCUT2D eigenvalue weighted by Crippen LogP contribution is -2.41. The highest BCUT2D eigenvalue weighted by Crippen LogP contribution is 2.57. The van der Waals surface area contributed by atoms with Gasteiger partial charge in [0.2, 0.25) is 0 Å². The summed E-state index contributed by atoms with van der Waals surface area (Å²) < 4.78 is 0. The topological polar surface area (TPSA) is 40.5 Å². The molecule has 0 amide bonds. The van der Waals surface area contributed by atoms with Crippen LogP contribution in [0.4, 0.5) is 0 Å². The Morgan fingerprint density at radius 1 is 1.14 bits per heavy atom. The van der Waals surface area contributed by atoms with Gasteiger partial charge in [0, 0.05) is 5.92 Å². The van der Waals surface area contributed by atoms with Crippen LogP contribution >= 0.6 is 0 Å². The first kappa shape index (κ1) is 17.0. The van der Waals surface area contributed by atoms with Gasteiger partial charge in [0.25, 0.3) is 0 Å². The van der Waals surface area contributed by atoms with Gasteiger partial charge in [-0.1, -0.05) is 39.3 Å². The van der Waals surface area contributed by atoms with Gasteiger partial charge >= 0.3 is 0 Å². The largest absolute Gasteiger partial charge is 0.393 e. The van der Waals surface area contributed by atoms with Crippen LogP contribution in [0.25, 0.3) is 0 Å². The van der Waals surface area contributed by atoms with Gasteiger partial charge in [-0.2, -0.15) is 0 Å². The van der Waals surface area contributed by atoms with Crippen LogP contribution in [0.2, 0.25) is 0 Å². The molecule has 2 heteroatoms. The third-order valence-corrected chi connectivity index (χ3v) is 6.61. The molecule has 122 valence electrons. The molecule has 0 radical (unpaired) electrons. The van der Waals surface area contributed by atoms with Crippen molar-refractivity contribution in [2.75, 3.05) is 0 Å². The van der Waals surface area contributed by atoms with Crippen LogP contribution in [0.1, 0.15) is 66.7 Å². The third kappa shape index (κ3) is 3.37. The van der Waals surface area contributed by atoms with E-state index in [1.807, 2.05) is 13.8 Å². The zero-order valence-corrected chi connectivity index (χ0v) is 14.5. The number of hydrogen-bond acceptors (Lipinski definition) is 2. The Balaban J connectivity index is 2.06. The van der Waals surface area contributed by atoms with E-state index < -0.39 is 5.60 Å². The molecule has 0 bridgehead atoms. The van der Waals surface area contributed by atoms with E-state index in [9.17, 15) is 10.2 Å². The molecule has 0 spiro atoms. The number of rotatable bonds is 4. The molecule has 2 rings (SSSR count). The summed E-state index contributed by atoms with van der Waals surface area (Å²) in [6, 6.07) is 0. The maximum atomic E-state index is 10.3. The Bertz CT molecular complexity index is 382. The fourth-order valence-corrected chi connectivity index (χ4v) is 4.76. The van der Waals surface area contributed by atoms with Gasteiger partial charge in [-0.25, -0.2) is 0 Å². The molecule has 2 fully saturated rings. The van der Waals surface area contributed by atoms with Crippen LogP contribution in [-0.4, -0.2) is 21.9 Å². The van der Waals surface area contributed by atoms with E-state index >= 15 is 0 Å². The molecule has 2 aliphatic carbocycles. The highest BCUT2D eigenvalue weighted by Gasteiger charge is 2.51. The third-order valence-electron chi connectivity index (χ3n) is 6.61. The van der Waals surface area contributed by atoms with Gasteiger partial charge in [-0.15, -0.1) is 0 Å². The Morgan fingerprint density at radius 2 is 1.81 bits per heavy atom. The quantitative estimate of drug-likeness (QED) is 0.764. The normalized spacial score (nSPS) is 40.2. The van der Waals surface area contributed by atoms with E-state index in [0.29, 0.717) is 23.2 Å². The van der Waals surface area contributed by atoms with Crippen molar-refractivity contribution in [2.45, 2.75) is 78.4 Å². The average molecular weight is 294 g/mol. The maximum Gasteiger partial charge on any atom is 0.0651 e. The van der Waals surface area contributed by atoms with Crippen molar-refractivity contribution in [3.05, 3.63) is 12.2 Å². The van der Waals surface area contributed by atoms with E-state index in [2.05, 4.69) is 32.9 Å². The molecule has 2 N–H and O–H groups in total. The molecule has 0 aromatic heterocycles. The molecule has 2 aliphatic rings. The van der Waals surface area contributed by atoms with E-state index in [0.717, 1.165) is 6.42 Å². The van der Waals surface area contributed by atoms with E-state index in [-0.39, 0.29) is 12.0 Å². The van der Waals surface area contributed by atoms with E-state index in [1.54, 1.807) is 0 Å². The Morgan fingerprint density at radius 3 is 2.43 bits per heavy atom. The van der Waals surface area contributed by atoms with Gasteiger partial charge in [-0.05, 0) is 62.7 Å². The molecule has 2 nitrogen and oxygen atoms in total. The molecular weight excluding hydrogens is 260 g/mol. The second kappa shape index (κ2) is 6.04. The van der Waals surface area contributed by atoms with Crippen molar-refractivity contribution in [2.24, 2.45) is 29.1 Å². The fraction of sp³-hybridized carbons (Fsp3) is 0.895. The molecule has 0 aliphatic heterocycles. The van der Waals surface area contributed by atoms with Gasteiger partial charge in [-0.3, -0.25) is 0 Å². The molecular formula is C19H34O2. The summed E-state index contributed by atoms with van der Waals surface area (Å²) in [6.45, 7) is 10.5. The molecule has 6 atom stereocenters. The van der Waals surface area contributed by atoms with E-state index in [1.165, 1.54) is 25.7 Å². The molecule has 2 saturated carbocycles. The zero-order chi connectivity index (χ0) is 15.8. The first-order chi connectivity index (χ1) is 9.66. The number of aliphatic hydroxyl groups excluding tert-OH is 1. The minimum atomic E-state index is -0.653. The van der Waals surface area contributed by atoms with Crippen LogP contribution in [0.5, 0.6) is 0 Å². The predicted molar refractivity (Wildman–Crippen MR) is 87.9 cm³/mol. The zero-order valence-electron chi connectivity index (χ0n) is 14.5. The Kier molecular flexibility index (Phi) is 4.90. The monoisotopic (exact) mass is 294 g/mol. The van der Waals surface area contributed by atoms with Gasteiger partial charge in [0.1, 0.15) is 0 Å². The maximum absolute atomic E-state index is 10.3. The second-order valence-corrected chi connectivity index (χ2v) is 8.44. The van der Waals surface area contributed by atoms with Crippen LogP contribution in [-0.2, 0) is 0 Å². The highest BCUT2D eigenvalue weighted by molar-refractivity contribution is 5.06. The SMILES string of the molecule is C[C@@H](/C=C/[C@H](C)C(C)(C)O)[C@H]1CCC2C(O)CCC[C@@]21C. The average Bonchev–Trinajstić information content (AvgIpc) is 2.73. The minimum absolute atomic E-state index is 0.0831. The summed E-state index contributed by atoms with van der Waals surface area (Å²) >= 11 is 0. The number of hydrogen-bond donors (Lipinski definition) is 2. The molecule has 2 unspecified atom stereocenters. The van der Waals surface area contributed by atoms with Gasteiger partial charge in [0.15, 0.2) is 0 Å². The predicted octanol–water partition coefficient (Wildman–Crippen LogP) is 4.16. The minimum Gasteiger partial charge on any atom is -0.393 e. The summed E-state index contributed by atoms with van der Waals surface area (Å²) in [5.41, 5.74) is -0.348. The first-order valence-corrected chi connectivity index (χ1v) is 8.75. The number of allylic oxidation sites excluding steroid dienone is 1. The number of aliphatic hydroxyl groups is 2. The molecule has 0 heterocycles. The van der Waals surface area contributed by atoms with Crippen molar-refractivity contribution in [3.63, 3.8) is 0 Å². The molecule has 0 aromatic carbocycles. The Labute approximate surface area is 130 Å². The molecule has 21 heavy (non-hydrogen) atoms. The Hall–Kier alpha value is -0.340. The van der Waals surface area contributed by atoms with Crippen molar-refractivity contribution < 1.29 is 10.2 Å². The number of fused-ring (bicyclic) bond motifs is 1. The van der Waals surface area contributed by atoms with Crippen LogP contribution in [0, 0.1) is 29.1 Å². The standard InChI is InChI=1S/C19H34O2/c1-13(8-9-14(2)18(3,4)21)15-10-11-16-17(20)7-6-12-19(15,16)5/h8-9,13-17,20-21H,6-7,10-12H2,1-5H3/b9-8+/t13-,14-,15+,16?,17?,19+/m0/s1. The summed E-state index contributed by atoms with van der Waals surface area (Å²) in [4.78, 5) is 0. The van der Waals surface area contributed by atoms with Crippen LogP contribution in [0.15, 0.2) is 12.2 Å². The summed E-state index contributed by atoms with van der Waals surface area (Å²) in [5, 5.41) is 20.4. The summed E-state index contributed by atoms with van der Waals surface area (Å²) in [5.74, 6) is 1.86. The van der Waals surface area contributed by atoms with Crippen LogP contribution < -0.4 is 0 Å². The van der Waals surface area contributed by atoms with Crippen molar-refractivity contribution in [1.29, 1.82) is 0 Å². The lowest BCUT2D eigenvalue weighted by Gasteiger charge is -2.44. The summed E-state index contributed by atoms with van der Waals surface area (Å²) in [6.07, 6.45) is 10.2. The molecule has 0 saturated heterocycles. The van der Waals surface area contributed by atoms with Crippen molar-refractivity contribution >= 4 is 0 Å². The van der Waals surface area contributed by atoms with Crippen molar-refractivity contribution in [1.82, 2.24) is 0 Å². The van der Waals surface area contributed by atoms with Gasteiger partial charge in [0.05, 0.1) is 11.7 Å². The fourth-order valence-electron chi connectivity index (χ4n) is 4.76. The lowest BCUT2D eigenvalue weighted by atomic mass is 9.62. The summed E-state index contributed by atoms with van der Waals surface area (Å²) in [7, 11) is 0. The first-order valence-electron chi connectivity index (χ1n) is 8.75. The van der Waals surface area contributed by atoms with E-state index in [4.69, 9.17) is 0 Å². The smallest absolute Gasteiger partial charge is 0.0651 e. The van der Waals surface area contributed by atoms with Gasteiger partial charge < -0.3 is 10.2 Å². The molecule has 0 aromatic rings. The highest BCUT2D eigenvalue weighted by atomic mass is 16.3. The lowest BCUT2D eigenvalue weighted by molar-refractivity contribution is -0.0232. The van der Waals surface area contributed by atoms with Crippen LogP contribution in [0.3, 0.4) is 0 Å². The second-order valence-electron chi connectivity index (χ2n) is 8.44. The van der Waals surface area contributed by atoms with Crippen molar-refractivity contribution in [3.8, 4) is 0 Å².